The van der Waals surface area contributed by atoms with E-state index in [4.69, 9.17) is 16.3 Å². The Hall–Kier alpha value is -2.90. The van der Waals surface area contributed by atoms with Crippen LogP contribution in [0.25, 0.3) is 0 Å². The van der Waals surface area contributed by atoms with Crippen LogP contribution in [0, 0.1) is 12.7 Å². The summed E-state index contributed by atoms with van der Waals surface area (Å²) < 4.78 is 19.3. The zero-order chi connectivity index (χ0) is 21.8. The van der Waals surface area contributed by atoms with Crippen LogP contribution in [-0.2, 0) is 6.42 Å². The smallest absolute Gasteiger partial charge is 0.265 e. The minimum atomic E-state index is -0.733. The van der Waals surface area contributed by atoms with Crippen molar-refractivity contribution < 1.29 is 18.7 Å². The quantitative estimate of drug-likeness (QED) is 0.493. The number of ether oxygens (including phenoxy) is 1. The number of anilines is 2. The van der Waals surface area contributed by atoms with Crippen molar-refractivity contribution in [1.82, 2.24) is 0 Å². The second kappa shape index (κ2) is 9.28. The van der Waals surface area contributed by atoms with Gasteiger partial charge in [0.25, 0.3) is 11.8 Å². The Kier molecular flexibility index (Phi) is 6.74. The summed E-state index contributed by atoms with van der Waals surface area (Å²) >= 11 is 7.17. The first-order chi connectivity index (χ1) is 14.3. The minimum Gasteiger partial charge on any atom is -0.495 e. The standard InChI is InChI=1S/C22H20ClFN2O3S/c1-4-13-9-20(30-12(13)2)22(28)25-15-6-8-19(29-3)18(11-15)26-21(27)16-7-5-14(23)10-17(16)24/h5-11H,4H2,1-3H3,(H,25,28)(H,26,27). The molecular weight excluding hydrogens is 427 g/mol. The third kappa shape index (κ3) is 4.80. The van der Waals surface area contributed by atoms with E-state index in [9.17, 15) is 14.0 Å². The number of aryl methyl sites for hydroxylation is 2. The van der Waals surface area contributed by atoms with Crippen LogP contribution in [0.3, 0.4) is 0 Å². The molecule has 0 spiro atoms. The predicted molar refractivity (Wildman–Crippen MR) is 119 cm³/mol. The SMILES string of the molecule is CCc1cc(C(=O)Nc2ccc(OC)c(NC(=O)c3ccc(Cl)cc3F)c2)sc1C. The zero-order valence-electron chi connectivity index (χ0n) is 16.6. The summed E-state index contributed by atoms with van der Waals surface area (Å²) in [5, 5.41) is 5.63. The highest BCUT2D eigenvalue weighted by molar-refractivity contribution is 7.14. The zero-order valence-corrected chi connectivity index (χ0v) is 18.2. The minimum absolute atomic E-state index is 0.156. The van der Waals surface area contributed by atoms with Gasteiger partial charge in [-0.05, 0) is 61.4 Å². The van der Waals surface area contributed by atoms with Gasteiger partial charge in [-0.1, -0.05) is 18.5 Å². The van der Waals surface area contributed by atoms with Gasteiger partial charge in [-0.15, -0.1) is 11.3 Å². The lowest BCUT2D eigenvalue weighted by Crippen LogP contribution is -2.15. The number of amides is 2. The molecule has 0 aliphatic heterocycles. The Morgan fingerprint density at radius 1 is 1.10 bits per heavy atom. The van der Waals surface area contributed by atoms with Gasteiger partial charge in [0.1, 0.15) is 11.6 Å². The monoisotopic (exact) mass is 446 g/mol. The predicted octanol–water partition coefficient (Wildman–Crippen LogP) is 5.92. The Morgan fingerprint density at radius 2 is 1.87 bits per heavy atom. The van der Waals surface area contributed by atoms with Gasteiger partial charge in [-0.3, -0.25) is 9.59 Å². The van der Waals surface area contributed by atoms with E-state index in [2.05, 4.69) is 10.6 Å². The maximum absolute atomic E-state index is 14.1. The van der Waals surface area contributed by atoms with Crippen molar-refractivity contribution in [1.29, 1.82) is 0 Å². The number of halogens is 2. The summed E-state index contributed by atoms with van der Waals surface area (Å²) in [7, 11) is 1.45. The molecule has 0 saturated carbocycles. The number of nitrogens with one attached hydrogen (secondary N) is 2. The first kappa shape index (κ1) is 21.8. The molecule has 2 aromatic carbocycles. The molecule has 2 amide bonds. The molecule has 3 rings (SSSR count). The molecule has 0 bridgehead atoms. The van der Waals surface area contributed by atoms with Crippen LogP contribution in [0.4, 0.5) is 15.8 Å². The molecule has 0 aliphatic rings. The molecule has 30 heavy (non-hydrogen) atoms. The van der Waals surface area contributed by atoms with Crippen molar-refractivity contribution in [2.75, 3.05) is 17.7 Å². The van der Waals surface area contributed by atoms with Crippen molar-refractivity contribution in [3.05, 3.63) is 74.2 Å². The summed E-state index contributed by atoms with van der Waals surface area (Å²) in [4.78, 5) is 26.8. The maximum Gasteiger partial charge on any atom is 0.265 e. The maximum atomic E-state index is 14.1. The van der Waals surface area contributed by atoms with E-state index < -0.39 is 11.7 Å². The van der Waals surface area contributed by atoms with Crippen LogP contribution in [0.15, 0.2) is 42.5 Å². The Labute approximate surface area is 182 Å². The highest BCUT2D eigenvalue weighted by Gasteiger charge is 2.16. The average Bonchev–Trinajstić information content (AvgIpc) is 3.09. The summed E-state index contributed by atoms with van der Waals surface area (Å²) in [6.07, 6.45) is 0.857. The summed E-state index contributed by atoms with van der Waals surface area (Å²) in [6, 6.07) is 10.5. The molecule has 2 N–H and O–H groups in total. The highest BCUT2D eigenvalue weighted by atomic mass is 35.5. The van der Waals surface area contributed by atoms with E-state index >= 15 is 0 Å². The second-order valence-electron chi connectivity index (χ2n) is 6.49. The molecule has 1 heterocycles. The molecule has 1 aromatic heterocycles. The Morgan fingerprint density at radius 3 is 2.50 bits per heavy atom. The van der Waals surface area contributed by atoms with Crippen LogP contribution in [0.5, 0.6) is 5.75 Å². The molecule has 3 aromatic rings. The van der Waals surface area contributed by atoms with Crippen LogP contribution in [-0.4, -0.2) is 18.9 Å². The summed E-state index contributed by atoms with van der Waals surface area (Å²) in [5.74, 6) is -1.26. The molecule has 0 saturated heterocycles. The number of hydrogen-bond acceptors (Lipinski definition) is 4. The average molecular weight is 447 g/mol. The van der Waals surface area contributed by atoms with E-state index in [0.29, 0.717) is 22.0 Å². The molecule has 8 heteroatoms. The van der Waals surface area contributed by atoms with Crippen LogP contribution < -0.4 is 15.4 Å². The molecule has 0 atom stereocenters. The number of carbonyl (C=O) groups excluding carboxylic acids is 2. The van der Waals surface area contributed by atoms with E-state index in [0.717, 1.165) is 22.9 Å². The molecule has 0 aliphatic carbocycles. The van der Waals surface area contributed by atoms with Gasteiger partial charge in [0.2, 0.25) is 0 Å². The van der Waals surface area contributed by atoms with E-state index in [-0.39, 0.29) is 16.5 Å². The number of rotatable bonds is 6. The molecule has 0 unspecified atom stereocenters. The first-order valence-electron chi connectivity index (χ1n) is 9.17. The van der Waals surface area contributed by atoms with E-state index in [1.165, 1.54) is 30.6 Å². The summed E-state index contributed by atoms with van der Waals surface area (Å²) in [6.45, 7) is 4.02. The Balaban J connectivity index is 1.82. The molecule has 156 valence electrons. The lowest BCUT2D eigenvalue weighted by atomic mass is 10.2. The fraction of sp³-hybridized carbons (Fsp3) is 0.182. The molecule has 0 fully saturated rings. The van der Waals surface area contributed by atoms with Gasteiger partial charge in [0.15, 0.2) is 0 Å². The van der Waals surface area contributed by atoms with Gasteiger partial charge >= 0.3 is 0 Å². The Bertz CT molecular complexity index is 1110. The molecular formula is C22H20ClFN2O3S. The lowest BCUT2D eigenvalue weighted by Gasteiger charge is -2.13. The van der Waals surface area contributed by atoms with Gasteiger partial charge in [-0.2, -0.15) is 0 Å². The number of thiophene rings is 1. The molecule has 0 radical (unpaired) electrons. The van der Waals surface area contributed by atoms with Crippen LogP contribution in [0.1, 0.15) is 37.4 Å². The van der Waals surface area contributed by atoms with Crippen molar-refractivity contribution in [2.45, 2.75) is 20.3 Å². The number of benzene rings is 2. The van der Waals surface area contributed by atoms with Crippen molar-refractivity contribution in [2.24, 2.45) is 0 Å². The fourth-order valence-electron chi connectivity index (χ4n) is 2.92. The molecule has 5 nitrogen and oxygen atoms in total. The van der Waals surface area contributed by atoms with Crippen molar-refractivity contribution in [3.8, 4) is 5.75 Å². The second-order valence-corrected chi connectivity index (χ2v) is 8.19. The van der Waals surface area contributed by atoms with Gasteiger partial charge in [0.05, 0.1) is 23.2 Å². The number of carbonyl (C=O) groups is 2. The third-order valence-corrected chi connectivity index (χ3v) is 5.83. The third-order valence-electron chi connectivity index (χ3n) is 4.51. The topological polar surface area (TPSA) is 67.4 Å². The van der Waals surface area contributed by atoms with Crippen LogP contribution in [0.2, 0.25) is 5.02 Å². The van der Waals surface area contributed by atoms with Crippen molar-refractivity contribution >= 4 is 46.1 Å². The van der Waals surface area contributed by atoms with Gasteiger partial charge in [-0.25, -0.2) is 4.39 Å². The normalized spacial score (nSPS) is 10.6. The largest absolute Gasteiger partial charge is 0.495 e. The van der Waals surface area contributed by atoms with Gasteiger partial charge < -0.3 is 15.4 Å². The van der Waals surface area contributed by atoms with Crippen LogP contribution >= 0.6 is 22.9 Å². The van der Waals surface area contributed by atoms with E-state index in [1.807, 2.05) is 19.9 Å². The van der Waals surface area contributed by atoms with Crippen molar-refractivity contribution in [3.63, 3.8) is 0 Å². The first-order valence-corrected chi connectivity index (χ1v) is 10.4. The summed E-state index contributed by atoms with van der Waals surface area (Å²) in [5.41, 5.74) is 1.75. The number of methoxy groups -OCH3 is 1. The highest BCUT2D eigenvalue weighted by Crippen LogP contribution is 2.30. The number of hydrogen-bond donors (Lipinski definition) is 2. The lowest BCUT2D eigenvalue weighted by molar-refractivity contribution is 0.101. The van der Waals surface area contributed by atoms with E-state index in [1.54, 1.807) is 18.2 Å². The van der Waals surface area contributed by atoms with Gasteiger partial charge in [0, 0.05) is 15.6 Å². The fourth-order valence-corrected chi connectivity index (χ4v) is 4.09.